The molecule has 0 spiro atoms. The van der Waals surface area contributed by atoms with E-state index >= 15 is 0 Å². The molecule has 0 N–H and O–H groups in total. The predicted octanol–water partition coefficient (Wildman–Crippen LogP) is 1.12. The molecule has 0 unspecified atom stereocenters. The molecule has 1 fully saturated rings. The maximum absolute atomic E-state index is 11.5. The number of hydrogen-bond acceptors (Lipinski definition) is 2. The van der Waals surface area contributed by atoms with E-state index in [-0.39, 0.29) is 5.91 Å². The first-order valence-corrected chi connectivity index (χ1v) is 5.24. The summed E-state index contributed by atoms with van der Waals surface area (Å²) in [6, 6.07) is 0. The molecule has 3 heteroatoms. The zero-order valence-electron chi connectivity index (χ0n) is 9.25. The Hall–Kier alpha value is -0.830. The fraction of sp³-hybridized carbons (Fsp3) is 0.727. The summed E-state index contributed by atoms with van der Waals surface area (Å²) in [5, 5.41) is 0. The standard InChI is InChI=1S/C11H20N2O/c1-10(2)11(14)12(3)8-9-13-6-4-5-7-13/h1,4-9H2,2-3H3. The van der Waals surface area contributed by atoms with Crippen molar-refractivity contribution < 1.29 is 4.79 Å². The van der Waals surface area contributed by atoms with Crippen LogP contribution < -0.4 is 0 Å². The highest BCUT2D eigenvalue weighted by Crippen LogP contribution is 2.06. The molecule has 0 aromatic carbocycles. The Bertz CT molecular complexity index is 219. The van der Waals surface area contributed by atoms with E-state index < -0.39 is 0 Å². The third-order valence-electron chi connectivity index (χ3n) is 2.66. The quantitative estimate of drug-likeness (QED) is 0.629. The molecule has 0 aromatic heterocycles. The largest absolute Gasteiger partial charge is 0.341 e. The zero-order chi connectivity index (χ0) is 10.6. The minimum Gasteiger partial charge on any atom is -0.341 e. The van der Waals surface area contributed by atoms with Crippen molar-refractivity contribution in [3.05, 3.63) is 12.2 Å². The smallest absolute Gasteiger partial charge is 0.248 e. The summed E-state index contributed by atoms with van der Waals surface area (Å²) in [5.74, 6) is 0.0594. The van der Waals surface area contributed by atoms with Crippen molar-refractivity contribution in [3.8, 4) is 0 Å². The summed E-state index contributed by atoms with van der Waals surface area (Å²) in [6.45, 7) is 9.60. The predicted molar refractivity (Wildman–Crippen MR) is 58.1 cm³/mol. The maximum atomic E-state index is 11.5. The number of likely N-dealkylation sites (tertiary alicyclic amines) is 1. The van der Waals surface area contributed by atoms with E-state index in [1.54, 1.807) is 11.8 Å². The lowest BCUT2D eigenvalue weighted by molar-refractivity contribution is -0.125. The molecule has 1 rings (SSSR count). The fourth-order valence-corrected chi connectivity index (χ4v) is 1.73. The van der Waals surface area contributed by atoms with E-state index in [0.29, 0.717) is 5.57 Å². The average Bonchev–Trinajstić information content (AvgIpc) is 2.65. The van der Waals surface area contributed by atoms with Gasteiger partial charge in [-0.1, -0.05) is 6.58 Å². The van der Waals surface area contributed by atoms with E-state index in [4.69, 9.17) is 0 Å². The Labute approximate surface area is 86.4 Å². The molecule has 1 heterocycles. The highest BCUT2D eigenvalue weighted by atomic mass is 16.2. The van der Waals surface area contributed by atoms with Crippen LogP contribution in [0.4, 0.5) is 0 Å². The van der Waals surface area contributed by atoms with Crippen LogP contribution in [0, 0.1) is 0 Å². The minimum absolute atomic E-state index is 0.0594. The van der Waals surface area contributed by atoms with Gasteiger partial charge < -0.3 is 9.80 Å². The van der Waals surface area contributed by atoms with Crippen molar-refractivity contribution in [2.75, 3.05) is 33.2 Å². The van der Waals surface area contributed by atoms with Crippen molar-refractivity contribution in [1.29, 1.82) is 0 Å². The Morgan fingerprint density at radius 3 is 2.50 bits per heavy atom. The first-order chi connectivity index (χ1) is 6.61. The van der Waals surface area contributed by atoms with Crippen LogP contribution in [0.5, 0.6) is 0 Å². The zero-order valence-corrected chi connectivity index (χ0v) is 9.25. The fourth-order valence-electron chi connectivity index (χ4n) is 1.73. The summed E-state index contributed by atoms with van der Waals surface area (Å²) < 4.78 is 0. The molecule has 3 nitrogen and oxygen atoms in total. The lowest BCUT2D eigenvalue weighted by Gasteiger charge is -2.21. The molecule has 80 valence electrons. The van der Waals surface area contributed by atoms with E-state index in [2.05, 4.69) is 11.5 Å². The summed E-state index contributed by atoms with van der Waals surface area (Å²) in [5.41, 5.74) is 0.619. The van der Waals surface area contributed by atoms with Gasteiger partial charge in [-0.05, 0) is 32.9 Å². The van der Waals surface area contributed by atoms with Gasteiger partial charge in [0.25, 0.3) is 0 Å². The normalized spacial score (nSPS) is 17.0. The summed E-state index contributed by atoms with van der Waals surface area (Å²) in [4.78, 5) is 15.6. The monoisotopic (exact) mass is 196 g/mol. The Balaban J connectivity index is 2.23. The van der Waals surface area contributed by atoms with Crippen LogP contribution in [0.2, 0.25) is 0 Å². The van der Waals surface area contributed by atoms with Gasteiger partial charge in [0.05, 0.1) is 0 Å². The van der Waals surface area contributed by atoms with Crippen molar-refractivity contribution in [3.63, 3.8) is 0 Å². The maximum Gasteiger partial charge on any atom is 0.248 e. The second-order valence-corrected chi connectivity index (χ2v) is 4.06. The highest BCUT2D eigenvalue weighted by Gasteiger charge is 2.14. The summed E-state index contributed by atoms with van der Waals surface area (Å²) in [6.07, 6.45) is 2.61. The van der Waals surface area contributed by atoms with Crippen LogP contribution in [0.15, 0.2) is 12.2 Å². The van der Waals surface area contributed by atoms with Gasteiger partial charge in [-0.3, -0.25) is 4.79 Å². The van der Waals surface area contributed by atoms with Crippen LogP contribution in [0.3, 0.4) is 0 Å². The summed E-state index contributed by atoms with van der Waals surface area (Å²) >= 11 is 0. The number of nitrogens with zero attached hydrogens (tertiary/aromatic N) is 2. The molecule has 14 heavy (non-hydrogen) atoms. The number of hydrogen-bond donors (Lipinski definition) is 0. The lowest BCUT2D eigenvalue weighted by atomic mass is 10.3. The van der Waals surface area contributed by atoms with Gasteiger partial charge in [-0.2, -0.15) is 0 Å². The number of likely N-dealkylation sites (N-methyl/N-ethyl adjacent to an activating group) is 1. The van der Waals surface area contributed by atoms with E-state index in [1.165, 1.54) is 25.9 Å². The first kappa shape index (κ1) is 11.2. The number of amides is 1. The number of rotatable bonds is 4. The first-order valence-electron chi connectivity index (χ1n) is 5.24. The van der Waals surface area contributed by atoms with Crippen molar-refractivity contribution in [2.45, 2.75) is 19.8 Å². The molecular formula is C11H20N2O. The molecule has 1 saturated heterocycles. The minimum atomic E-state index is 0.0594. The van der Waals surface area contributed by atoms with Crippen LogP contribution in [-0.2, 0) is 4.79 Å². The van der Waals surface area contributed by atoms with Gasteiger partial charge in [0.15, 0.2) is 0 Å². The average molecular weight is 196 g/mol. The Morgan fingerprint density at radius 2 is 2.00 bits per heavy atom. The van der Waals surface area contributed by atoms with Crippen LogP contribution in [0.25, 0.3) is 0 Å². The highest BCUT2D eigenvalue weighted by molar-refractivity contribution is 5.91. The van der Waals surface area contributed by atoms with Gasteiger partial charge in [-0.15, -0.1) is 0 Å². The number of carbonyl (C=O) groups is 1. The molecular weight excluding hydrogens is 176 g/mol. The van der Waals surface area contributed by atoms with Crippen molar-refractivity contribution in [2.24, 2.45) is 0 Å². The molecule has 1 aliphatic heterocycles. The SMILES string of the molecule is C=C(C)C(=O)N(C)CCN1CCCC1. The van der Waals surface area contributed by atoms with Crippen molar-refractivity contribution in [1.82, 2.24) is 9.80 Å². The second-order valence-electron chi connectivity index (χ2n) is 4.06. The van der Waals surface area contributed by atoms with Gasteiger partial charge >= 0.3 is 0 Å². The van der Waals surface area contributed by atoms with Crippen LogP contribution in [0.1, 0.15) is 19.8 Å². The molecule has 0 bridgehead atoms. The van der Waals surface area contributed by atoms with Gasteiger partial charge in [0, 0.05) is 25.7 Å². The Morgan fingerprint density at radius 1 is 1.43 bits per heavy atom. The third kappa shape index (κ3) is 3.14. The van der Waals surface area contributed by atoms with Gasteiger partial charge in [0.1, 0.15) is 0 Å². The molecule has 0 aliphatic carbocycles. The second kappa shape index (κ2) is 5.15. The van der Waals surface area contributed by atoms with Gasteiger partial charge in [0.2, 0.25) is 5.91 Å². The number of carbonyl (C=O) groups excluding carboxylic acids is 1. The lowest BCUT2D eigenvalue weighted by Crippen LogP contribution is -2.35. The molecule has 0 saturated carbocycles. The molecule has 1 aliphatic rings. The van der Waals surface area contributed by atoms with E-state index in [1.807, 2.05) is 7.05 Å². The topological polar surface area (TPSA) is 23.6 Å². The molecule has 1 amide bonds. The molecule has 0 atom stereocenters. The van der Waals surface area contributed by atoms with Crippen LogP contribution >= 0.6 is 0 Å². The summed E-state index contributed by atoms with van der Waals surface area (Å²) in [7, 11) is 1.84. The molecule has 0 radical (unpaired) electrons. The van der Waals surface area contributed by atoms with Gasteiger partial charge in [-0.25, -0.2) is 0 Å². The van der Waals surface area contributed by atoms with Crippen LogP contribution in [-0.4, -0.2) is 48.9 Å². The van der Waals surface area contributed by atoms with E-state index in [0.717, 1.165) is 13.1 Å². The Kier molecular flexibility index (Phi) is 4.14. The van der Waals surface area contributed by atoms with E-state index in [9.17, 15) is 4.79 Å². The third-order valence-corrected chi connectivity index (χ3v) is 2.66. The van der Waals surface area contributed by atoms with Crippen molar-refractivity contribution >= 4 is 5.91 Å². The molecule has 0 aromatic rings.